The number of rotatable bonds is 2. The predicted molar refractivity (Wildman–Crippen MR) is 90.5 cm³/mol. The van der Waals surface area contributed by atoms with Gasteiger partial charge in [-0.15, -0.1) is 10.2 Å². The number of hydrogen-bond donors (Lipinski definition) is 0. The minimum absolute atomic E-state index is 0.199. The van der Waals surface area contributed by atoms with E-state index in [9.17, 15) is 9.59 Å². The van der Waals surface area contributed by atoms with Crippen LogP contribution in [0.1, 0.15) is 11.6 Å². The number of urea groups is 1. The van der Waals surface area contributed by atoms with Crippen molar-refractivity contribution in [1.82, 2.24) is 19.5 Å². The zero-order chi connectivity index (χ0) is 16.8. The number of fused-ring (bicyclic) bond motifs is 1. The molecule has 4 rings (SSSR count). The molecule has 0 N–H and O–H groups in total. The van der Waals surface area contributed by atoms with Crippen molar-refractivity contribution in [3.8, 4) is 0 Å². The third kappa shape index (κ3) is 2.10. The van der Waals surface area contributed by atoms with Gasteiger partial charge >= 0.3 is 6.03 Å². The summed E-state index contributed by atoms with van der Waals surface area (Å²) in [5.41, 5.74) is 1.31. The molecule has 1 saturated heterocycles. The van der Waals surface area contributed by atoms with Crippen LogP contribution in [0.4, 0.5) is 10.7 Å². The van der Waals surface area contributed by atoms with Crippen molar-refractivity contribution in [2.24, 2.45) is 0 Å². The van der Waals surface area contributed by atoms with E-state index in [-0.39, 0.29) is 11.9 Å². The van der Waals surface area contributed by atoms with Gasteiger partial charge in [-0.2, -0.15) is 4.90 Å². The van der Waals surface area contributed by atoms with Crippen molar-refractivity contribution in [2.75, 3.05) is 11.9 Å². The van der Waals surface area contributed by atoms with Gasteiger partial charge in [0.2, 0.25) is 5.95 Å². The highest BCUT2D eigenvalue weighted by Gasteiger charge is 2.46. The number of benzene rings is 1. The van der Waals surface area contributed by atoms with Crippen LogP contribution in [0.3, 0.4) is 0 Å². The lowest BCUT2D eigenvalue weighted by atomic mass is 10.1. The van der Waals surface area contributed by atoms with E-state index in [1.165, 1.54) is 4.90 Å². The Hall–Kier alpha value is -2.74. The van der Waals surface area contributed by atoms with Gasteiger partial charge < -0.3 is 4.90 Å². The van der Waals surface area contributed by atoms with Crippen molar-refractivity contribution in [2.45, 2.75) is 6.04 Å². The van der Waals surface area contributed by atoms with Gasteiger partial charge in [-0.25, -0.2) is 4.79 Å². The maximum Gasteiger partial charge on any atom is 0.334 e. The van der Waals surface area contributed by atoms with Crippen LogP contribution in [0.15, 0.2) is 53.1 Å². The monoisotopic (exact) mass is 385 g/mol. The standard InChI is InChI=1S/C16H12BrN5O2/c1-20-13(10-5-4-6-11(17)9-10)14(23)22(16(20)24)15-19-18-12-7-2-3-8-21(12)15/h2-9,13H,1H3. The second-order valence-corrected chi connectivity index (χ2v) is 6.37. The molecular formula is C16H12BrN5O2. The van der Waals surface area contributed by atoms with Gasteiger partial charge in [-0.1, -0.05) is 34.1 Å². The van der Waals surface area contributed by atoms with Crippen LogP contribution in [0.5, 0.6) is 0 Å². The van der Waals surface area contributed by atoms with E-state index in [1.54, 1.807) is 29.8 Å². The number of aromatic nitrogens is 3. The highest BCUT2D eigenvalue weighted by molar-refractivity contribution is 9.10. The van der Waals surface area contributed by atoms with Gasteiger partial charge in [0.15, 0.2) is 5.65 Å². The minimum Gasteiger partial charge on any atom is -0.311 e. The lowest BCUT2D eigenvalue weighted by Crippen LogP contribution is -2.33. The maximum atomic E-state index is 12.9. The molecular weight excluding hydrogens is 374 g/mol. The number of carbonyl (C=O) groups is 2. The van der Waals surface area contributed by atoms with E-state index in [4.69, 9.17) is 0 Å². The van der Waals surface area contributed by atoms with Crippen molar-refractivity contribution < 1.29 is 9.59 Å². The molecule has 0 spiro atoms. The first-order valence-electron chi connectivity index (χ1n) is 7.24. The molecule has 1 aromatic carbocycles. The number of amides is 3. The Morgan fingerprint density at radius 1 is 1.08 bits per heavy atom. The molecule has 2 aromatic heterocycles. The molecule has 0 saturated carbocycles. The number of nitrogens with zero attached hydrogens (tertiary/aromatic N) is 5. The Balaban J connectivity index is 1.81. The summed E-state index contributed by atoms with van der Waals surface area (Å²) in [7, 11) is 1.61. The highest BCUT2D eigenvalue weighted by Crippen LogP contribution is 2.33. The van der Waals surface area contributed by atoms with Crippen LogP contribution in [0, 0.1) is 0 Å². The average molecular weight is 386 g/mol. The molecule has 1 fully saturated rings. The summed E-state index contributed by atoms with van der Waals surface area (Å²) in [6, 6.07) is 11.6. The predicted octanol–water partition coefficient (Wildman–Crippen LogP) is 2.63. The molecule has 1 aliphatic rings. The van der Waals surface area contributed by atoms with Crippen LogP contribution in [-0.2, 0) is 4.79 Å². The zero-order valence-electron chi connectivity index (χ0n) is 12.6. The van der Waals surface area contributed by atoms with E-state index >= 15 is 0 Å². The molecule has 7 nitrogen and oxygen atoms in total. The van der Waals surface area contributed by atoms with Crippen LogP contribution in [0.2, 0.25) is 0 Å². The van der Waals surface area contributed by atoms with Gasteiger partial charge in [-0.05, 0) is 29.8 Å². The van der Waals surface area contributed by atoms with Crippen LogP contribution < -0.4 is 4.90 Å². The summed E-state index contributed by atoms with van der Waals surface area (Å²) < 4.78 is 2.47. The van der Waals surface area contributed by atoms with Gasteiger partial charge in [0, 0.05) is 17.7 Å². The number of imide groups is 1. The van der Waals surface area contributed by atoms with Gasteiger partial charge in [0.05, 0.1) is 0 Å². The minimum atomic E-state index is -0.689. The number of hydrogen-bond acceptors (Lipinski definition) is 4. The summed E-state index contributed by atoms with van der Waals surface area (Å²) >= 11 is 3.40. The van der Waals surface area contributed by atoms with Crippen LogP contribution in [0.25, 0.3) is 5.65 Å². The summed E-state index contributed by atoms with van der Waals surface area (Å²) in [5.74, 6) is -0.149. The SMILES string of the molecule is CN1C(=O)N(c2nnc3ccccn23)C(=O)C1c1cccc(Br)c1. The quantitative estimate of drug-likeness (QED) is 0.635. The smallest absolute Gasteiger partial charge is 0.311 e. The maximum absolute atomic E-state index is 12.9. The molecule has 0 bridgehead atoms. The fourth-order valence-electron chi connectivity index (χ4n) is 2.86. The molecule has 3 heterocycles. The Labute approximate surface area is 145 Å². The average Bonchev–Trinajstić information content (AvgIpc) is 3.07. The Kier molecular flexibility index (Phi) is 3.34. The molecule has 24 heavy (non-hydrogen) atoms. The number of anilines is 1. The Bertz CT molecular complexity index is 970. The van der Waals surface area contributed by atoms with E-state index in [0.29, 0.717) is 5.65 Å². The molecule has 1 unspecified atom stereocenters. The molecule has 3 amide bonds. The molecule has 1 aliphatic heterocycles. The lowest BCUT2D eigenvalue weighted by Gasteiger charge is -2.16. The van der Waals surface area contributed by atoms with E-state index in [0.717, 1.165) is 14.9 Å². The highest BCUT2D eigenvalue weighted by atomic mass is 79.9. The molecule has 0 radical (unpaired) electrons. The zero-order valence-corrected chi connectivity index (χ0v) is 14.2. The number of carbonyl (C=O) groups excluding carboxylic acids is 2. The Morgan fingerprint density at radius 3 is 2.71 bits per heavy atom. The van der Waals surface area contributed by atoms with Crippen LogP contribution >= 0.6 is 15.9 Å². The second kappa shape index (κ2) is 5.41. The molecule has 3 aromatic rings. The van der Waals surface area contributed by atoms with E-state index in [2.05, 4.69) is 26.1 Å². The molecule has 8 heteroatoms. The summed E-state index contributed by atoms with van der Waals surface area (Å²) in [6.45, 7) is 0. The van der Waals surface area contributed by atoms with E-state index in [1.807, 2.05) is 30.3 Å². The largest absolute Gasteiger partial charge is 0.334 e. The van der Waals surface area contributed by atoms with Crippen molar-refractivity contribution in [3.63, 3.8) is 0 Å². The van der Waals surface area contributed by atoms with Gasteiger partial charge in [-0.3, -0.25) is 9.20 Å². The van der Waals surface area contributed by atoms with E-state index < -0.39 is 12.1 Å². The number of likely N-dealkylation sites (N-methyl/N-ethyl adjacent to an activating group) is 1. The van der Waals surface area contributed by atoms with Gasteiger partial charge in [0.25, 0.3) is 5.91 Å². The summed E-state index contributed by atoms with van der Waals surface area (Å²) in [4.78, 5) is 28.1. The number of pyridine rings is 1. The first-order valence-corrected chi connectivity index (χ1v) is 8.03. The molecule has 1 atom stereocenters. The fourth-order valence-corrected chi connectivity index (χ4v) is 3.28. The van der Waals surface area contributed by atoms with Crippen LogP contribution in [-0.4, -0.2) is 38.5 Å². The van der Waals surface area contributed by atoms with Crippen molar-refractivity contribution in [3.05, 3.63) is 58.7 Å². The molecule has 0 aliphatic carbocycles. The second-order valence-electron chi connectivity index (χ2n) is 5.45. The molecule has 120 valence electrons. The van der Waals surface area contributed by atoms with Crippen molar-refractivity contribution in [1.29, 1.82) is 0 Å². The number of halogens is 1. The first-order chi connectivity index (χ1) is 11.6. The third-order valence-electron chi connectivity index (χ3n) is 3.99. The first kappa shape index (κ1) is 14.8. The third-order valence-corrected chi connectivity index (χ3v) is 4.49. The lowest BCUT2D eigenvalue weighted by molar-refractivity contribution is -0.119. The van der Waals surface area contributed by atoms with Gasteiger partial charge in [0.1, 0.15) is 6.04 Å². The Morgan fingerprint density at radius 2 is 1.92 bits per heavy atom. The fraction of sp³-hybridized carbons (Fsp3) is 0.125. The summed E-state index contributed by atoms with van der Waals surface area (Å²) in [5, 5.41) is 8.03. The van der Waals surface area contributed by atoms with Crippen molar-refractivity contribution >= 4 is 39.5 Å². The normalized spacial score (nSPS) is 18.0. The summed E-state index contributed by atoms with van der Waals surface area (Å²) in [6.07, 6.45) is 1.72. The topological polar surface area (TPSA) is 70.8 Å².